The number of benzene rings is 2. The van der Waals surface area contributed by atoms with E-state index in [1.807, 2.05) is 6.92 Å². The van der Waals surface area contributed by atoms with Gasteiger partial charge in [0.25, 0.3) is 0 Å². The van der Waals surface area contributed by atoms with Gasteiger partial charge in [0.2, 0.25) is 9.84 Å². The molecule has 0 aliphatic carbocycles. The number of carbonyl (C=O) groups is 1. The topological polar surface area (TPSA) is 98.5 Å². The second-order valence-corrected chi connectivity index (χ2v) is 7.06. The molecule has 1 atom stereocenters. The highest BCUT2D eigenvalue weighted by Gasteiger charge is 2.30. The molecule has 0 heterocycles. The predicted octanol–water partition coefficient (Wildman–Crippen LogP) is 2.14. The number of aryl methyl sites for hydroxylation is 1. The molecule has 1 unspecified atom stereocenters. The van der Waals surface area contributed by atoms with E-state index >= 15 is 0 Å². The number of urea groups is 1. The number of nitrogens with one attached hydrogen (secondary N) is 1. The zero-order valence-electron chi connectivity index (χ0n) is 12.8. The fourth-order valence-electron chi connectivity index (χ4n) is 2.14. The number of rotatable bonds is 5. The Balaban J connectivity index is 2.52. The van der Waals surface area contributed by atoms with Crippen molar-refractivity contribution < 1.29 is 17.9 Å². The van der Waals surface area contributed by atoms with Gasteiger partial charge in [-0.3, -0.25) is 0 Å². The summed E-state index contributed by atoms with van der Waals surface area (Å²) in [6, 6.07) is 11.9. The van der Waals surface area contributed by atoms with Gasteiger partial charge in [-0.25, -0.2) is 13.2 Å². The van der Waals surface area contributed by atoms with E-state index < -0.39 is 21.2 Å². The van der Waals surface area contributed by atoms with Crippen LogP contribution in [0.4, 0.5) is 4.79 Å². The summed E-state index contributed by atoms with van der Waals surface area (Å²) < 4.78 is 30.8. The van der Waals surface area contributed by atoms with E-state index in [9.17, 15) is 13.2 Å². The van der Waals surface area contributed by atoms with Gasteiger partial charge in [0.05, 0.1) is 12.0 Å². The lowest BCUT2D eigenvalue weighted by Gasteiger charge is -2.19. The van der Waals surface area contributed by atoms with Gasteiger partial charge in [-0.05, 0) is 36.8 Å². The molecule has 0 spiro atoms. The van der Waals surface area contributed by atoms with Gasteiger partial charge in [-0.2, -0.15) is 0 Å². The van der Waals surface area contributed by atoms with Gasteiger partial charge in [0, 0.05) is 0 Å². The molecule has 0 bridgehead atoms. The molecule has 2 aromatic carbocycles. The highest BCUT2D eigenvalue weighted by Crippen LogP contribution is 2.29. The van der Waals surface area contributed by atoms with Crippen molar-refractivity contribution in [3.05, 3.63) is 59.7 Å². The average molecular weight is 334 g/mol. The number of primary amides is 1. The summed E-state index contributed by atoms with van der Waals surface area (Å²) in [5.41, 5.74) is 6.45. The van der Waals surface area contributed by atoms with E-state index in [1.54, 1.807) is 36.4 Å². The monoisotopic (exact) mass is 334 g/mol. The van der Waals surface area contributed by atoms with Crippen molar-refractivity contribution in [3.63, 3.8) is 0 Å². The van der Waals surface area contributed by atoms with E-state index in [1.165, 1.54) is 19.2 Å². The maximum Gasteiger partial charge on any atom is 0.313 e. The fraction of sp³-hybridized carbons (Fsp3) is 0.188. The predicted molar refractivity (Wildman–Crippen MR) is 86.8 cm³/mol. The van der Waals surface area contributed by atoms with Crippen molar-refractivity contribution in [3.8, 4) is 5.75 Å². The Morgan fingerprint density at radius 2 is 1.83 bits per heavy atom. The number of ether oxygens (including phenoxy) is 1. The highest BCUT2D eigenvalue weighted by atomic mass is 32.2. The molecular weight excluding hydrogens is 316 g/mol. The van der Waals surface area contributed by atoms with E-state index in [0.717, 1.165) is 5.56 Å². The van der Waals surface area contributed by atoms with Crippen molar-refractivity contribution in [2.75, 3.05) is 7.11 Å². The third kappa shape index (κ3) is 3.81. The lowest BCUT2D eigenvalue weighted by atomic mass is 10.2. The van der Waals surface area contributed by atoms with Crippen LogP contribution in [0.3, 0.4) is 0 Å². The first-order valence-electron chi connectivity index (χ1n) is 6.85. The van der Waals surface area contributed by atoms with Crippen LogP contribution >= 0.6 is 0 Å². The Bertz CT molecular complexity index is 801. The molecule has 0 aliphatic heterocycles. The maximum absolute atomic E-state index is 12.9. The van der Waals surface area contributed by atoms with E-state index in [4.69, 9.17) is 10.5 Å². The molecule has 23 heavy (non-hydrogen) atoms. The average Bonchev–Trinajstić information content (AvgIpc) is 2.52. The van der Waals surface area contributed by atoms with Gasteiger partial charge >= 0.3 is 6.03 Å². The first-order chi connectivity index (χ1) is 10.8. The van der Waals surface area contributed by atoms with E-state index in [-0.39, 0.29) is 4.90 Å². The lowest BCUT2D eigenvalue weighted by molar-refractivity contribution is 0.248. The van der Waals surface area contributed by atoms with Crippen LogP contribution in [0.1, 0.15) is 16.5 Å². The summed E-state index contributed by atoms with van der Waals surface area (Å²) in [7, 11) is -2.38. The minimum absolute atomic E-state index is 0.102. The van der Waals surface area contributed by atoms with Crippen LogP contribution in [-0.2, 0) is 9.84 Å². The molecule has 0 fully saturated rings. The summed E-state index contributed by atoms with van der Waals surface area (Å²) in [6.45, 7) is 1.86. The quantitative estimate of drug-likeness (QED) is 0.875. The zero-order valence-corrected chi connectivity index (χ0v) is 13.6. The van der Waals surface area contributed by atoms with Gasteiger partial charge in [-0.1, -0.05) is 29.8 Å². The van der Waals surface area contributed by atoms with Crippen LogP contribution in [0.15, 0.2) is 53.4 Å². The zero-order chi connectivity index (χ0) is 17.0. The Hall–Kier alpha value is -2.54. The molecule has 0 radical (unpaired) electrons. The summed E-state index contributed by atoms with van der Waals surface area (Å²) in [5, 5.41) is 1.00. The number of hydrogen-bond acceptors (Lipinski definition) is 4. The van der Waals surface area contributed by atoms with E-state index in [0.29, 0.717) is 11.3 Å². The lowest BCUT2D eigenvalue weighted by Crippen LogP contribution is -2.37. The first-order valence-corrected chi connectivity index (χ1v) is 8.39. The van der Waals surface area contributed by atoms with Crippen molar-refractivity contribution >= 4 is 15.9 Å². The van der Waals surface area contributed by atoms with Crippen molar-refractivity contribution in [1.29, 1.82) is 0 Å². The number of methoxy groups -OCH3 is 1. The molecule has 0 saturated heterocycles. The summed E-state index contributed by atoms with van der Waals surface area (Å²) >= 11 is 0. The molecule has 6 nitrogen and oxygen atoms in total. The number of carbonyl (C=O) groups excluding carboxylic acids is 1. The molecule has 2 rings (SSSR count). The molecule has 3 N–H and O–H groups in total. The maximum atomic E-state index is 12.9. The SMILES string of the molecule is COc1cccc(C(NC(N)=O)S(=O)(=O)c2ccc(C)cc2)c1. The molecule has 7 heteroatoms. The van der Waals surface area contributed by atoms with Gasteiger partial charge < -0.3 is 15.8 Å². The Kier molecular flexibility index (Phi) is 4.90. The number of sulfone groups is 1. The van der Waals surface area contributed by atoms with Crippen LogP contribution in [-0.4, -0.2) is 21.6 Å². The van der Waals surface area contributed by atoms with Gasteiger partial charge in [0.15, 0.2) is 5.37 Å². The highest BCUT2D eigenvalue weighted by molar-refractivity contribution is 7.91. The molecule has 0 saturated carbocycles. The molecule has 0 aromatic heterocycles. The summed E-state index contributed by atoms with van der Waals surface area (Å²) in [6.07, 6.45) is 0. The van der Waals surface area contributed by atoms with Crippen LogP contribution < -0.4 is 15.8 Å². The van der Waals surface area contributed by atoms with Crippen molar-refractivity contribution in [2.24, 2.45) is 5.73 Å². The number of amides is 2. The largest absolute Gasteiger partial charge is 0.497 e. The van der Waals surface area contributed by atoms with E-state index in [2.05, 4.69) is 5.32 Å². The normalized spacial score (nSPS) is 12.4. The third-order valence-electron chi connectivity index (χ3n) is 3.33. The Labute approximate surface area is 135 Å². The van der Waals surface area contributed by atoms with Gasteiger partial charge in [0.1, 0.15) is 5.75 Å². The second kappa shape index (κ2) is 6.70. The smallest absolute Gasteiger partial charge is 0.313 e. The number of hydrogen-bond donors (Lipinski definition) is 2. The van der Waals surface area contributed by atoms with Crippen LogP contribution in [0.5, 0.6) is 5.75 Å². The molecule has 122 valence electrons. The van der Waals surface area contributed by atoms with Gasteiger partial charge in [-0.15, -0.1) is 0 Å². The molecule has 0 aliphatic rings. The van der Waals surface area contributed by atoms with Crippen LogP contribution in [0.25, 0.3) is 0 Å². The minimum atomic E-state index is -3.86. The second-order valence-electron chi connectivity index (χ2n) is 5.02. The van der Waals surface area contributed by atoms with Crippen molar-refractivity contribution in [2.45, 2.75) is 17.2 Å². The standard InChI is InChI=1S/C16H18N2O4S/c1-11-6-8-14(9-7-11)23(20,21)15(18-16(17)19)12-4-3-5-13(10-12)22-2/h3-10,15H,1-2H3,(H3,17,18,19). The third-order valence-corrected chi connectivity index (χ3v) is 5.27. The Morgan fingerprint density at radius 3 is 2.39 bits per heavy atom. The minimum Gasteiger partial charge on any atom is -0.497 e. The Morgan fingerprint density at radius 1 is 1.17 bits per heavy atom. The summed E-state index contributed by atoms with van der Waals surface area (Å²) in [5.74, 6) is 0.484. The molecular formula is C16H18N2O4S. The first kappa shape index (κ1) is 16.8. The molecule has 2 aromatic rings. The van der Waals surface area contributed by atoms with Crippen molar-refractivity contribution in [1.82, 2.24) is 5.32 Å². The molecule has 2 amide bonds. The van der Waals surface area contributed by atoms with Crippen LogP contribution in [0, 0.1) is 6.92 Å². The van der Waals surface area contributed by atoms with Crippen LogP contribution in [0.2, 0.25) is 0 Å². The number of nitrogens with two attached hydrogens (primary N) is 1. The summed E-state index contributed by atoms with van der Waals surface area (Å²) in [4.78, 5) is 11.4. The fourth-order valence-corrected chi connectivity index (χ4v) is 3.70.